The third kappa shape index (κ3) is 4.02. The lowest BCUT2D eigenvalue weighted by molar-refractivity contribution is -0.153. The topological polar surface area (TPSA) is 79.1 Å². The Bertz CT molecular complexity index is 1200. The largest absolute Gasteiger partial charge is 0.483 e. The van der Waals surface area contributed by atoms with Gasteiger partial charge in [0.25, 0.3) is 5.91 Å². The Morgan fingerprint density at radius 2 is 1.94 bits per heavy atom. The summed E-state index contributed by atoms with van der Waals surface area (Å²) >= 11 is 0. The molecule has 0 aliphatic carbocycles. The van der Waals surface area contributed by atoms with E-state index in [9.17, 15) is 22.4 Å². The van der Waals surface area contributed by atoms with Gasteiger partial charge >= 0.3 is 6.18 Å². The normalized spacial score (nSPS) is 13.1. The monoisotopic (exact) mass is 428 g/mol. The molecular formula is C21H12F4N4O2. The van der Waals surface area contributed by atoms with Crippen LogP contribution >= 0.6 is 0 Å². The van der Waals surface area contributed by atoms with Gasteiger partial charge in [0.05, 0.1) is 17.8 Å². The van der Waals surface area contributed by atoms with Gasteiger partial charge < -0.3 is 4.74 Å². The van der Waals surface area contributed by atoms with Crippen LogP contribution in [0.5, 0.6) is 5.75 Å². The molecule has 0 radical (unpaired) electrons. The van der Waals surface area contributed by atoms with E-state index in [0.717, 1.165) is 12.1 Å². The van der Waals surface area contributed by atoms with Crippen LogP contribution in [-0.4, -0.2) is 28.7 Å². The summed E-state index contributed by atoms with van der Waals surface area (Å²) in [7, 11) is 0. The summed E-state index contributed by atoms with van der Waals surface area (Å²) in [4.78, 5) is 22.6. The van der Waals surface area contributed by atoms with E-state index in [-0.39, 0.29) is 29.5 Å². The van der Waals surface area contributed by atoms with Crippen molar-refractivity contribution < 1.29 is 27.1 Å². The number of hydrogen-bond acceptors (Lipinski definition) is 5. The molecule has 10 heteroatoms. The maximum atomic E-state index is 13.7. The molecule has 1 amide bonds. The first-order valence-corrected chi connectivity index (χ1v) is 8.92. The molecule has 1 aromatic carbocycles. The average molecular weight is 428 g/mol. The second-order valence-corrected chi connectivity index (χ2v) is 6.64. The van der Waals surface area contributed by atoms with Crippen molar-refractivity contribution in [2.75, 3.05) is 11.5 Å². The van der Waals surface area contributed by atoms with Crippen molar-refractivity contribution in [3.63, 3.8) is 0 Å². The molecule has 0 saturated carbocycles. The summed E-state index contributed by atoms with van der Waals surface area (Å²) in [6, 6.07) is 9.64. The summed E-state index contributed by atoms with van der Waals surface area (Å²) in [6.45, 7) is -1.55. The first-order valence-electron chi connectivity index (χ1n) is 8.92. The third-order valence-electron chi connectivity index (χ3n) is 4.59. The lowest BCUT2D eigenvalue weighted by atomic mass is 10.0. The molecule has 1 aliphatic heterocycles. The molecule has 0 N–H and O–H groups in total. The van der Waals surface area contributed by atoms with Gasteiger partial charge in [-0.25, -0.2) is 9.37 Å². The Hall–Kier alpha value is -4.00. The maximum absolute atomic E-state index is 13.7. The van der Waals surface area contributed by atoms with Crippen molar-refractivity contribution in [2.24, 2.45) is 0 Å². The van der Waals surface area contributed by atoms with Gasteiger partial charge in [0.1, 0.15) is 23.5 Å². The van der Waals surface area contributed by atoms with E-state index in [4.69, 9.17) is 10.00 Å². The van der Waals surface area contributed by atoms with Crippen molar-refractivity contribution in [3.05, 3.63) is 71.3 Å². The Kier molecular flexibility index (Phi) is 5.02. The van der Waals surface area contributed by atoms with Gasteiger partial charge in [0, 0.05) is 35.2 Å². The fourth-order valence-electron chi connectivity index (χ4n) is 3.23. The highest BCUT2D eigenvalue weighted by molar-refractivity contribution is 6.10. The average Bonchev–Trinajstić information content (AvgIpc) is 3.09. The second-order valence-electron chi connectivity index (χ2n) is 6.64. The number of ether oxygens (including phenoxy) is 1. The molecule has 3 heterocycles. The van der Waals surface area contributed by atoms with E-state index in [1.54, 1.807) is 0 Å². The summed E-state index contributed by atoms with van der Waals surface area (Å²) in [5.74, 6) is -1.18. The zero-order valence-corrected chi connectivity index (χ0v) is 15.7. The predicted octanol–water partition coefficient (Wildman–Crippen LogP) is 4.26. The number of anilines is 1. The van der Waals surface area contributed by atoms with Crippen LogP contribution in [0, 0.1) is 17.1 Å². The van der Waals surface area contributed by atoms with Crippen LogP contribution in [-0.2, 0) is 6.54 Å². The maximum Gasteiger partial charge on any atom is 0.422 e. The number of rotatable bonds is 4. The lowest BCUT2D eigenvalue weighted by Gasteiger charge is -2.15. The number of benzene rings is 1. The number of carbonyl (C=O) groups is 1. The standard InChI is InChI=1S/C21H12F4N4O2/c22-13-2-3-15(17(7-13)31-11-21(23,24)25)19-16-10-29(20(30)14(16)5-6-27-19)18-4-1-12(8-26)9-28-18/h1-7,9H,10-11H2. The summed E-state index contributed by atoms with van der Waals surface area (Å²) in [5, 5.41) is 8.90. The number of fused-ring (bicyclic) bond motifs is 1. The molecule has 0 bridgehead atoms. The highest BCUT2D eigenvalue weighted by atomic mass is 19.4. The van der Waals surface area contributed by atoms with Crippen LogP contribution in [0.2, 0.25) is 0 Å². The van der Waals surface area contributed by atoms with Gasteiger partial charge in [-0.2, -0.15) is 18.4 Å². The SMILES string of the molecule is N#Cc1ccc(N2Cc3c(ccnc3-c3ccc(F)cc3OCC(F)(F)F)C2=O)nc1. The fraction of sp³-hybridized carbons (Fsp3) is 0.143. The molecule has 0 unspecified atom stereocenters. The van der Waals surface area contributed by atoms with Crippen molar-refractivity contribution in [1.29, 1.82) is 5.26 Å². The molecule has 156 valence electrons. The van der Waals surface area contributed by atoms with Gasteiger partial charge in [-0.05, 0) is 30.3 Å². The van der Waals surface area contributed by atoms with Crippen molar-refractivity contribution in [1.82, 2.24) is 9.97 Å². The molecule has 4 rings (SSSR count). The number of amides is 1. The van der Waals surface area contributed by atoms with E-state index in [1.165, 1.54) is 41.6 Å². The molecule has 31 heavy (non-hydrogen) atoms. The van der Waals surface area contributed by atoms with Crippen molar-refractivity contribution in [2.45, 2.75) is 12.7 Å². The highest BCUT2D eigenvalue weighted by Crippen LogP contribution is 2.37. The van der Waals surface area contributed by atoms with Crippen molar-refractivity contribution >= 4 is 11.7 Å². The van der Waals surface area contributed by atoms with Crippen LogP contribution in [0.25, 0.3) is 11.3 Å². The number of aromatic nitrogens is 2. The molecule has 0 saturated heterocycles. The number of nitriles is 1. The zero-order chi connectivity index (χ0) is 22.2. The number of nitrogens with zero attached hydrogens (tertiary/aromatic N) is 4. The van der Waals surface area contributed by atoms with Gasteiger partial charge in [0.2, 0.25) is 0 Å². The molecular weight excluding hydrogens is 416 g/mol. The molecule has 0 spiro atoms. The molecule has 6 nitrogen and oxygen atoms in total. The predicted molar refractivity (Wildman–Crippen MR) is 101 cm³/mol. The molecule has 0 fully saturated rings. The van der Waals surface area contributed by atoms with E-state index in [2.05, 4.69) is 9.97 Å². The lowest BCUT2D eigenvalue weighted by Crippen LogP contribution is -2.23. The summed E-state index contributed by atoms with van der Waals surface area (Å²) in [5.41, 5.74) is 1.40. The summed E-state index contributed by atoms with van der Waals surface area (Å²) < 4.78 is 56.4. The molecule has 1 aliphatic rings. The number of hydrogen-bond donors (Lipinski definition) is 0. The van der Waals surface area contributed by atoms with Crippen LogP contribution in [0.3, 0.4) is 0 Å². The summed E-state index contributed by atoms with van der Waals surface area (Å²) in [6.07, 6.45) is -1.93. The van der Waals surface area contributed by atoms with Gasteiger partial charge in [-0.1, -0.05) is 0 Å². The second kappa shape index (κ2) is 7.68. The van der Waals surface area contributed by atoms with Crippen LogP contribution < -0.4 is 9.64 Å². The smallest absolute Gasteiger partial charge is 0.422 e. The number of alkyl halides is 3. The highest BCUT2D eigenvalue weighted by Gasteiger charge is 2.33. The Labute approximate surface area is 173 Å². The van der Waals surface area contributed by atoms with Crippen molar-refractivity contribution in [3.8, 4) is 23.1 Å². The minimum Gasteiger partial charge on any atom is -0.483 e. The van der Waals surface area contributed by atoms with E-state index < -0.39 is 18.6 Å². The zero-order valence-electron chi connectivity index (χ0n) is 15.7. The Morgan fingerprint density at radius 3 is 2.61 bits per heavy atom. The number of carbonyl (C=O) groups excluding carboxylic acids is 1. The van der Waals surface area contributed by atoms with Crippen LogP contribution in [0.1, 0.15) is 21.5 Å². The molecule has 0 atom stereocenters. The van der Waals surface area contributed by atoms with Crippen LogP contribution in [0.4, 0.5) is 23.4 Å². The first kappa shape index (κ1) is 20.3. The molecule has 3 aromatic rings. The van der Waals surface area contributed by atoms with Gasteiger partial charge in [0.15, 0.2) is 6.61 Å². The minimum atomic E-state index is -4.61. The van der Waals surface area contributed by atoms with E-state index in [0.29, 0.717) is 22.5 Å². The van der Waals surface area contributed by atoms with Crippen LogP contribution in [0.15, 0.2) is 48.8 Å². The number of pyridine rings is 2. The Morgan fingerprint density at radius 1 is 1.13 bits per heavy atom. The quantitative estimate of drug-likeness (QED) is 0.581. The fourth-order valence-corrected chi connectivity index (χ4v) is 3.23. The Balaban J connectivity index is 1.73. The molecule has 2 aromatic heterocycles. The van der Waals surface area contributed by atoms with Gasteiger partial charge in [-0.3, -0.25) is 14.7 Å². The third-order valence-corrected chi connectivity index (χ3v) is 4.59. The number of halogens is 4. The van der Waals surface area contributed by atoms with E-state index in [1.807, 2.05) is 6.07 Å². The van der Waals surface area contributed by atoms with E-state index >= 15 is 0 Å². The minimum absolute atomic E-state index is 0.0479. The first-order chi connectivity index (χ1) is 14.8. The van der Waals surface area contributed by atoms with Gasteiger partial charge in [-0.15, -0.1) is 0 Å².